The van der Waals surface area contributed by atoms with Crippen LogP contribution in [0.3, 0.4) is 0 Å². The van der Waals surface area contributed by atoms with Crippen LogP contribution in [0.4, 0.5) is 0 Å². The lowest BCUT2D eigenvalue weighted by atomic mass is 10.0. The quantitative estimate of drug-likeness (QED) is 0.177. The van der Waals surface area contributed by atoms with Crippen LogP contribution in [0.2, 0.25) is 0 Å². The zero-order chi connectivity index (χ0) is 24.5. The third-order valence-corrected chi connectivity index (χ3v) is 5.26. The first-order chi connectivity index (χ1) is 16.4. The standard InChI is InChI=1S/C26H25BrN2O5/c1-17(2)19-8-10-22(11-9-19)33-16-25(30)29-28-15-18-7-12-23(24(13-18)32-3)34-26(31)20-5-4-6-21(27)14-20/h4-15,17H,16H2,1-3H3,(H,29,30)/b28-15+. The molecule has 0 spiro atoms. The van der Waals surface area contributed by atoms with Crippen molar-refractivity contribution in [1.82, 2.24) is 5.43 Å². The predicted molar refractivity (Wildman–Crippen MR) is 134 cm³/mol. The Morgan fingerprint density at radius 2 is 1.79 bits per heavy atom. The second-order valence-corrected chi connectivity index (χ2v) is 8.53. The van der Waals surface area contributed by atoms with Gasteiger partial charge in [-0.3, -0.25) is 4.79 Å². The van der Waals surface area contributed by atoms with Crippen molar-refractivity contribution in [2.45, 2.75) is 19.8 Å². The van der Waals surface area contributed by atoms with E-state index >= 15 is 0 Å². The fraction of sp³-hybridized carbons (Fsp3) is 0.192. The van der Waals surface area contributed by atoms with Gasteiger partial charge >= 0.3 is 5.97 Å². The molecule has 34 heavy (non-hydrogen) atoms. The highest BCUT2D eigenvalue weighted by Gasteiger charge is 2.13. The number of hydrazone groups is 1. The Morgan fingerprint density at radius 1 is 1.03 bits per heavy atom. The highest BCUT2D eigenvalue weighted by atomic mass is 79.9. The van der Waals surface area contributed by atoms with E-state index in [1.54, 1.807) is 36.4 Å². The molecule has 1 N–H and O–H groups in total. The molecule has 0 aliphatic carbocycles. The van der Waals surface area contributed by atoms with E-state index in [2.05, 4.69) is 40.3 Å². The number of nitrogens with zero attached hydrogens (tertiary/aromatic N) is 1. The summed E-state index contributed by atoms with van der Waals surface area (Å²) in [7, 11) is 1.47. The van der Waals surface area contributed by atoms with Crippen molar-refractivity contribution in [2.24, 2.45) is 5.10 Å². The molecule has 0 atom stereocenters. The van der Waals surface area contributed by atoms with Crippen LogP contribution in [0, 0.1) is 0 Å². The van der Waals surface area contributed by atoms with E-state index < -0.39 is 11.9 Å². The molecule has 0 fully saturated rings. The van der Waals surface area contributed by atoms with Gasteiger partial charge in [-0.25, -0.2) is 10.2 Å². The highest BCUT2D eigenvalue weighted by Crippen LogP contribution is 2.28. The highest BCUT2D eigenvalue weighted by molar-refractivity contribution is 9.10. The number of methoxy groups -OCH3 is 1. The van der Waals surface area contributed by atoms with E-state index in [-0.39, 0.29) is 12.4 Å². The molecule has 3 aromatic carbocycles. The molecule has 3 rings (SSSR count). The number of ether oxygens (including phenoxy) is 3. The van der Waals surface area contributed by atoms with Crippen LogP contribution in [0.5, 0.6) is 17.2 Å². The maximum absolute atomic E-state index is 12.4. The molecule has 0 aliphatic rings. The maximum Gasteiger partial charge on any atom is 0.343 e. The summed E-state index contributed by atoms with van der Waals surface area (Å²) >= 11 is 3.33. The number of benzene rings is 3. The van der Waals surface area contributed by atoms with Gasteiger partial charge in [0, 0.05) is 4.47 Å². The number of nitrogens with one attached hydrogen (secondary N) is 1. The van der Waals surface area contributed by atoms with Gasteiger partial charge in [0.25, 0.3) is 5.91 Å². The number of esters is 1. The number of halogens is 1. The van der Waals surface area contributed by atoms with Crippen molar-refractivity contribution in [2.75, 3.05) is 13.7 Å². The molecule has 0 saturated carbocycles. The summed E-state index contributed by atoms with van der Waals surface area (Å²) in [4.78, 5) is 24.4. The predicted octanol–water partition coefficient (Wildman–Crippen LogP) is 5.33. The monoisotopic (exact) mass is 524 g/mol. The Bertz CT molecular complexity index is 1180. The second kappa shape index (κ2) is 12.0. The Morgan fingerprint density at radius 3 is 2.47 bits per heavy atom. The number of hydrogen-bond donors (Lipinski definition) is 1. The van der Waals surface area contributed by atoms with Gasteiger partial charge in [-0.05, 0) is 65.6 Å². The summed E-state index contributed by atoms with van der Waals surface area (Å²) in [6.07, 6.45) is 1.46. The molecular formula is C26H25BrN2O5. The zero-order valence-corrected chi connectivity index (χ0v) is 20.7. The van der Waals surface area contributed by atoms with E-state index in [0.29, 0.717) is 28.5 Å². The lowest BCUT2D eigenvalue weighted by Crippen LogP contribution is -2.24. The Labute approximate surface area is 206 Å². The lowest BCUT2D eigenvalue weighted by Gasteiger charge is -2.10. The fourth-order valence-corrected chi connectivity index (χ4v) is 3.33. The van der Waals surface area contributed by atoms with E-state index in [9.17, 15) is 9.59 Å². The summed E-state index contributed by atoms with van der Waals surface area (Å²) in [5, 5.41) is 3.94. The molecular weight excluding hydrogens is 500 g/mol. The summed E-state index contributed by atoms with van der Waals surface area (Å²) in [6, 6.07) is 19.5. The number of amides is 1. The van der Waals surface area contributed by atoms with Crippen molar-refractivity contribution in [3.8, 4) is 17.2 Å². The Hall–Kier alpha value is -3.65. The van der Waals surface area contributed by atoms with Gasteiger partial charge in [0.05, 0.1) is 18.9 Å². The van der Waals surface area contributed by atoms with Gasteiger partial charge in [0.2, 0.25) is 0 Å². The minimum atomic E-state index is -0.507. The first kappa shape index (κ1) is 25.0. The van der Waals surface area contributed by atoms with E-state index in [0.717, 1.165) is 4.47 Å². The summed E-state index contributed by atoms with van der Waals surface area (Å²) in [5.41, 5.74) is 4.67. The molecule has 1 amide bonds. The summed E-state index contributed by atoms with van der Waals surface area (Å²) < 4.78 is 17.0. The maximum atomic E-state index is 12.4. The molecule has 0 bridgehead atoms. The minimum Gasteiger partial charge on any atom is -0.493 e. The average Bonchev–Trinajstić information content (AvgIpc) is 2.83. The third-order valence-electron chi connectivity index (χ3n) is 4.77. The normalized spacial score (nSPS) is 10.9. The number of carbonyl (C=O) groups is 2. The number of rotatable bonds is 9. The van der Waals surface area contributed by atoms with Crippen LogP contribution in [-0.4, -0.2) is 31.8 Å². The van der Waals surface area contributed by atoms with E-state index in [1.165, 1.54) is 18.9 Å². The van der Waals surface area contributed by atoms with Crippen molar-refractivity contribution in [3.63, 3.8) is 0 Å². The molecule has 176 valence electrons. The van der Waals surface area contributed by atoms with Crippen LogP contribution < -0.4 is 19.6 Å². The number of carbonyl (C=O) groups excluding carboxylic acids is 2. The van der Waals surface area contributed by atoms with Crippen LogP contribution >= 0.6 is 15.9 Å². The SMILES string of the molecule is COc1cc(/C=N/NC(=O)COc2ccc(C(C)C)cc2)ccc1OC(=O)c1cccc(Br)c1. The van der Waals surface area contributed by atoms with Crippen LogP contribution in [-0.2, 0) is 4.79 Å². The second-order valence-electron chi connectivity index (χ2n) is 7.62. The van der Waals surface area contributed by atoms with E-state index in [4.69, 9.17) is 14.2 Å². The van der Waals surface area contributed by atoms with Gasteiger partial charge in [-0.15, -0.1) is 0 Å². The largest absolute Gasteiger partial charge is 0.493 e. The molecule has 0 radical (unpaired) electrons. The molecule has 7 nitrogen and oxygen atoms in total. The van der Waals surface area contributed by atoms with Gasteiger partial charge in [-0.2, -0.15) is 5.10 Å². The first-order valence-electron chi connectivity index (χ1n) is 10.6. The zero-order valence-electron chi connectivity index (χ0n) is 19.1. The molecule has 8 heteroatoms. The van der Waals surface area contributed by atoms with Gasteiger partial charge in [0.1, 0.15) is 5.75 Å². The van der Waals surface area contributed by atoms with Gasteiger partial charge < -0.3 is 14.2 Å². The lowest BCUT2D eigenvalue weighted by molar-refractivity contribution is -0.123. The van der Waals surface area contributed by atoms with Crippen molar-refractivity contribution < 1.29 is 23.8 Å². The van der Waals surface area contributed by atoms with Crippen molar-refractivity contribution in [1.29, 1.82) is 0 Å². The molecule has 0 aliphatic heterocycles. The van der Waals surface area contributed by atoms with Gasteiger partial charge in [-0.1, -0.05) is 48.0 Å². The van der Waals surface area contributed by atoms with E-state index in [1.807, 2.05) is 30.3 Å². The smallest absolute Gasteiger partial charge is 0.343 e. The third kappa shape index (κ3) is 7.18. The van der Waals surface area contributed by atoms with Gasteiger partial charge in [0.15, 0.2) is 18.1 Å². The summed E-state index contributed by atoms with van der Waals surface area (Å²) in [5.74, 6) is 0.763. The minimum absolute atomic E-state index is 0.161. The molecule has 0 heterocycles. The Balaban J connectivity index is 1.54. The molecule has 0 aromatic heterocycles. The van der Waals surface area contributed by atoms with Crippen LogP contribution in [0.15, 0.2) is 76.3 Å². The Kier molecular flexibility index (Phi) is 8.81. The molecule has 3 aromatic rings. The van der Waals surface area contributed by atoms with Crippen LogP contribution in [0.25, 0.3) is 0 Å². The topological polar surface area (TPSA) is 86.2 Å². The molecule has 0 saturated heterocycles. The molecule has 0 unspecified atom stereocenters. The average molecular weight is 525 g/mol. The van der Waals surface area contributed by atoms with Crippen molar-refractivity contribution in [3.05, 3.63) is 87.9 Å². The first-order valence-corrected chi connectivity index (χ1v) is 11.4. The van der Waals surface area contributed by atoms with Crippen LogP contribution in [0.1, 0.15) is 41.3 Å². The number of hydrogen-bond acceptors (Lipinski definition) is 6. The van der Waals surface area contributed by atoms with Crippen molar-refractivity contribution >= 4 is 34.0 Å². The summed E-state index contributed by atoms with van der Waals surface area (Å²) in [6.45, 7) is 4.06. The fourth-order valence-electron chi connectivity index (χ4n) is 2.93.